The first-order chi connectivity index (χ1) is 13.2. The third kappa shape index (κ3) is 3.16. The van der Waals surface area contributed by atoms with Gasteiger partial charge in [-0.25, -0.2) is 9.59 Å². The molecule has 0 saturated heterocycles. The van der Waals surface area contributed by atoms with Crippen LogP contribution in [0.3, 0.4) is 0 Å². The molecule has 0 aromatic heterocycles. The fourth-order valence-corrected chi connectivity index (χ4v) is 3.51. The van der Waals surface area contributed by atoms with Gasteiger partial charge in [0.25, 0.3) is 0 Å². The Labute approximate surface area is 162 Å². The molecule has 0 bridgehead atoms. The minimum Gasteiger partial charge on any atom is -0.508 e. The van der Waals surface area contributed by atoms with Crippen LogP contribution in [0.5, 0.6) is 11.5 Å². The van der Waals surface area contributed by atoms with Crippen LogP contribution in [-0.2, 0) is 27.2 Å². The van der Waals surface area contributed by atoms with Crippen LogP contribution in [0, 0.1) is 0 Å². The number of carbonyl (C=O) groups excluding carboxylic acids is 2. The highest BCUT2D eigenvalue weighted by Crippen LogP contribution is 2.35. The van der Waals surface area contributed by atoms with E-state index in [-0.39, 0.29) is 23.3 Å². The summed E-state index contributed by atoms with van der Waals surface area (Å²) in [5.41, 5.74) is 2.00. The summed E-state index contributed by atoms with van der Waals surface area (Å²) >= 11 is 0. The van der Waals surface area contributed by atoms with Gasteiger partial charge in [-0.15, -0.1) is 0 Å². The number of rotatable bonds is 3. The van der Waals surface area contributed by atoms with Crippen molar-refractivity contribution in [2.45, 2.75) is 38.4 Å². The number of carbonyl (C=O) groups is 2. The minimum atomic E-state index is -0.691. The van der Waals surface area contributed by atoms with Crippen LogP contribution >= 0.6 is 0 Å². The summed E-state index contributed by atoms with van der Waals surface area (Å²) in [4.78, 5) is 24.5. The van der Waals surface area contributed by atoms with E-state index >= 15 is 0 Å². The van der Waals surface area contributed by atoms with Gasteiger partial charge in [-0.3, -0.25) is 0 Å². The highest BCUT2D eigenvalue weighted by atomic mass is 16.6. The molecule has 0 radical (unpaired) electrons. The Bertz CT molecular complexity index is 1000. The maximum atomic E-state index is 12.3. The number of benzene rings is 2. The van der Waals surface area contributed by atoms with E-state index in [1.807, 2.05) is 32.0 Å². The molecule has 144 valence electrons. The van der Waals surface area contributed by atoms with Gasteiger partial charge in [0, 0.05) is 12.8 Å². The topological polar surface area (TPSA) is 93.1 Å². The quantitative estimate of drug-likeness (QED) is 0.628. The number of aromatic hydroxyl groups is 1. The van der Waals surface area contributed by atoms with Crippen molar-refractivity contribution >= 4 is 17.5 Å². The second kappa shape index (κ2) is 6.49. The van der Waals surface area contributed by atoms with Gasteiger partial charge in [0.2, 0.25) is 0 Å². The van der Waals surface area contributed by atoms with E-state index in [0.717, 1.165) is 11.1 Å². The standard InChI is InChI=1S/C22H20O6/c1-22(2)18(24)11-14-9-12(3-8-17(14)28-22)10-16-19(21(26)27-20(16)25)13-4-6-15(23)7-5-13/h3-9,18,23-24H,10-11H2,1-2H3. The van der Waals surface area contributed by atoms with Crippen molar-refractivity contribution in [2.24, 2.45) is 0 Å². The molecule has 2 aromatic rings. The third-order valence-corrected chi connectivity index (χ3v) is 5.19. The number of ether oxygens (including phenoxy) is 2. The van der Waals surface area contributed by atoms with E-state index in [2.05, 4.69) is 0 Å². The normalized spacial score (nSPS) is 20.6. The van der Waals surface area contributed by atoms with E-state index in [9.17, 15) is 19.8 Å². The number of aliphatic hydroxyl groups is 1. The van der Waals surface area contributed by atoms with Crippen LogP contribution < -0.4 is 4.74 Å². The molecule has 2 aliphatic rings. The van der Waals surface area contributed by atoms with Crippen molar-refractivity contribution in [2.75, 3.05) is 0 Å². The lowest BCUT2D eigenvalue weighted by atomic mass is 9.89. The van der Waals surface area contributed by atoms with Crippen molar-refractivity contribution in [3.05, 3.63) is 64.7 Å². The first-order valence-electron chi connectivity index (χ1n) is 9.02. The summed E-state index contributed by atoms with van der Waals surface area (Å²) in [5.74, 6) is -0.580. The zero-order valence-electron chi connectivity index (χ0n) is 15.6. The molecule has 0 fully saturated rings. The molecule has 2 heterocycles. The monoisotopic (exact) mass is 380 g/mol. The number of hydrogen-bond acceptors (Lipinski definition) is 6. The van der Waals surface area contributed by atoms with Crippen molar-refractivity contribution in [1.82, 2.24) is 0 Å². The number of hydrogen-bond donors (Lipinski definition) is 2. The number of aliphatic hydroxyl groups excluding tert-OH is 1. The molecule has 6 nitrogen and oxygen atoms in total. The Kier molecular flexibility index (Phi) is 4.23. The number of cyclic esters (lactones) is 2. The van der Waals surface area contributed by atoms with Gasteiger partial charge in [0.1, 0.15) is 17.1 Å². The second-order valence-corrected chi connectivity index (χ2v) is 7.62. The van der Waals surface area contributed by atoms with Crippen LogP contribution in [0.4, 0.5) is 0 Å². The Morgan fingerprint density at radius 2 is 1.79 bits per heavy atom. The molecular weight excluding hydrogens is 360 g/mol. The van der Waals surface area contributed by atoms with Gasteiger partial charge in [-0.05, 0) is 48.7 Å². The van der Waals surface area contributed by atoms with Crippen LogP contribution in [0.1, 0.15) is 30.5 Å². The molecule has 2 N–H and O–H groups in total. The summed E-state index contributed by atoms with van der Waals surface area (Å²) in [6.45, 7) is 3.67. The van der Waals surface area contributed by atoms with Crippen LogP contribution in [0.2, 0.25) is 0 Å². The largest absolute Gasteiger partial charge is 0.508 e. The summed E-state index contributed by atoms with van der Waals surface area (Å²) in [6, 6.07) is 11.6. The molecule has 2 aliphatic heterocycles. The molecule has 0 spiro atoms. The molecule has 0 aliphatic carbocycles. The number of esters is 2. The van der Waals surface area contributed by atoms with E-state index in [1.165, 1.54) is 12.1 Å². The third-order valence-electron chi connectivity index (χ3n) is 5.19. The lowest BCUT2D eigenvalue weighted by molar-refractivity contribution is -0.150. The van der Waals surface area contributed by atoms with Crippen molar-refractivity contribution in [3.63, 3.8) is 0 Å². The molecular formula is C22H20O6. The Morgan fingerprint density at radius 3 is 2.50 bits per heavy atom. The zero-order valence-corrected chi connectivity index (χ0v) is 15.6. The van der Waals surface area contributed by atoms with Gasteiger partial charge in [-0.1, -0.05) is 24.3 Å². The first kappa shape index (κ1) is 18.3. The fourth-order valence-electron chi connectivity index (χ4n) is 3.51. The Morgan fingerprint density at radius 1 is 1.07 bits per heavy atom. The number of phenols is 1. The molecule has 28 heavy (non-hydrogen) atoms. The highest BCUT2D eigenvalue weighted by molar-refractivity contribution is 6.30. The van der Waals surface area contributed by atoms with Crippen molar-refractivity contribution < 1.29 is 29.3 Å². The number of fused-ring (bicyclic) bond motifs is 1. The molecule has 2 aromatic carbocycles. The fraction of sp³-hybridized carbons (Fsp3) is 0.273. The second-order valence-electron chi connectivity index (χ2n) is 7.62. The van der Waals surface area contributed by atoms with Crippen LogP contribution in [0.25, 0.3) is 5.57 Å². The summed E-state index contributed by atoms with van der Waals surface area (Å²) < 4.78 is 10.7. The molecule has 1 unspecified atom stereocenters. The average molecular weight is 380 g/mol. The molecule has 4 rings (SSSR count). The van der Waals surface area contributed by atoms with Gasteiger partial charge in [-0.2, -0.15) is 0 Å². The predicted molar refractivity (Wildman–Crippen MR) is 101 cm³/mol. The van der Waals surface area contributed by atoms with Gasteiger partial charge in [0.05, 0.1) is 17.3 Å². The summed E-state index contributed by atoms with van der Waals surface area (Å²) in [7, 11) is 0. The average Bonchev–Trinajstić information content (AvgIpc) is 2.90. The first-order valence-corrected chi connectivity index (χ1v) is 9.02. The minimum absolute atomic E-state index is 0.0692. The predicted octanol–water partition coefficient (Wildman–Crippen LogP) is 2.55. The van der Waals surface area contributed by atoms with E-state index < -0.39 is 23.6 Å². The van der Waals surface area contributed by atoms with Gasteiger partial charge < -0.3 is 19.7 Å². The zero-order chi connectivity index (χ0) is 20.1. The maximum absolute atomic E-state index is 12.3. The Balaban J connectivity index is 1.69. The molecule has 0 saturated carbocycles. The molecule has 6 heteroatoms. The Hall–Kier alpha value is -3.12. The number of phenolic OH excluding ortho intramolecular Hbond substituents is 1. The lowest BCUT2D eigenvalue weighted by Crippen LogP contribution is -2.46. The van der Waals surface area contributed by atoms with Crippen molar-refractivity contribution in [3.8, 4) is 11.5 Å². The molecule has 0 amide bonds. The summed E-state index contributed by atoms with van der Waals surface area (Å²) in [6.07, 6.45) is 0.0248. The maximum Gasteiger partial charge on any atom is 0.347 e. The van der Waals surface area contributed by atoms with E-state index in [1.54, 1.807) is 12.1 Å². The van der Waals surface area contributed by atoms with E-state index in [0.29, 0.717) is 17.7 Å². The smallest absolute Gasteiger partial charge is 0.347 e. The van der Waals surface area contributed by atoms with E-state index in [4.69, 9.17) is 9.47 Å². The lowest BCUT2D eigenvalue weighted by Gasteiger charge is -2.37. The van der Waals surface area contributed by atoms with Crippen LogP contribution in [-0.4, -0.2) is 33.9 Å². The SMILES string of the molecule is CC1(C)Oc2ccc(CC3=C(c4ccc(O)cc4)C(=O)OC3=O)cc2CC1O. The van der Waals surface area contributed by atoms with Gasteiger partial charge >= 0.3 is 11.9 Å². The highest BCUT2D eigenvalue weighted by Gasteiger charge is 2.36. The summed E-state index contributed by atoms with van der Waals surface area (Å²) in [5, 5.41) is 19.7. The van der Waals surface area contributed by atoms with Crippen LogP contribution in [0.15, 0.2) is 48.0 Å². The van der Waals surface area contributed by atoms with Crippen molar-refractivity contribution in [1.29, 1.82) is 0 Å². The molecule has 1 atom stereocenters. The van der Waals surface area contributed by atoms with Gasteiger partial charge in [0.15, 0.2) is 0 Å².